The van der Waals surface area contributed by atoms with E-state index in [1.54, 1.807) is 13.0 Å². The molecular weight excluding hydrogens is 231 g/mol. The van der Waals surface area contributed by atoms with Crippen molar-refractivity contribution in [3.8, 4) is 0 Å². The average Bonchev–Trinajstić information content (AvgIpc) is 2.75. The summed E-state index contributed by atoms with van der Waals surface area (Å²) in [4.78, 5) is 0. The number of halogens is 2. The molecule has 0 aliphatic carbocycles. The number of hydrogen-bond donors (Lipinski definition) is 1. The first-order valence-corrected chi connectivity index (χ1v) is 5.68. The number of ether oxygens (including phenoxy) is 1. The fourth-order valence-electron chi connectivity index (χ4n) is 1.96. The van der Waals surface area contributed by atoms with Gasteiger partial charge in [-0.15, -0.1) is 0 Å². The van der Waals surface area contributed by atoms with E-state index in [1.807, 2.05) is 0 Å². The molecule has 1 aliphatic heterocycles. The predicted octanol–water partition coefficient (Wildman–Crippen LogP) is 2.86. The summed E-state index contributed by atoms with van der Waals surface area (Å²) in [7, 11) is 0. The highest BCUT2D eigenvalue weighted by molar-refractivity contribution is 6.31. The number of hydrogen-bond acceptors (Lipinski definition) is 2. The number of rotatable bonds is 2. The minimum Gasteiger partial charge on any atom is -0.388 e. The Balaban J connectivity index is 2.28. The lowest BCUT2D eigenvalue weighted by Gasteiger charge is -2.18. The number of benzene rings is 1. The fraction of sp³-hybridized carbons (Fsp3) is 0.500. The molecule has 1 heterocycles. The Morgan fingerprint density at radius 3 is 2.94 bits per heavy atom. The van der Waals surface area contributed by atoms with Gasteiger partial charge >= 0.3 is 0 Å². The quantitative estimate of drug-likeness (QED) is 0.867. The van der Waals surface area contributed by atoms with Crippen molar-refractivity contribution >= 4 is 11.6 Å². The molecule has 0 bridgehead atoms. The Morgan fingerprint density at radius 2 is 2.31 bits per heavy atom. The SMILES string of the molecule is Cc1cc(C(O)C2CCOC2)c(Cl)cc1F. The molecular formula is C12H14ClFO2. The Kier molecular flexibility index (Phi) is 3.47. The Hall–Kier alpha value is -0.640. The standard InChI is InChI=1S/C12H14ClFO2/c1-7-4-9(10(13)5-11(7)14)12(15)8-2-3-16-6-8/h4-5,8,12,15H,2-3,6H2,1H3. The van der Waals surface area contributed by atoms with Crippen LogP contribution in [0.2, 0.25) is 5.02 Å². The van der Waals surface area contributed by atoms with Gasteiger partial charge in [0.2, 0.25) is 0 Å². The van der Waals surface area contributed by atoms with Crippen molar-refractivity contribution < 1.29 is 14.2 Å². The van der Waals surface area contributed by atoms with E-state index >= 15 is 0 Å². The summed E-state index contributed by atoms with van der Waals surface area (Å²) in [6.07, 6.45) is 0.141. The molecule has 2 atom stereocenters. The van der Waals surface area contributed by atoms with Crippen molar-refractivity contribution in [2.24, 2.45) is 5.92 Å². The molecule has 0 aromatic heterocycles. The summed E-state index contributed by atoms with van der Waals surface area (Å²) in [6, 6.07) is 2.87. The highest BCUT2D eigenvalue weighted by Crippen LogP contribution is 2.33. The van der Waals surface area contributed by atoms with Crippen LogP contribution in [0.1, 0.15) is 23.7 Å². The molecule has 1 saturated heterocycles. The van der Waals surface area contributed by atoms with Gasteiger partial charge in [0.15, 0.2) is 0 Å². The van der Waals surface area contributed by atoms with Crippen LogP contribution in [0.3, 0.4) is 0 Å². The van der Waals surface area contributed by atoms with Crippen LogP contribution in [-0.4, -0.2) is 18.3 Å². The molecule has 0 saturated carbocycles. The van der Waals surface area contributed by atoms with E-state index in [4.69, 9.17) is 16.3 Å². The molecule has 88 valence electrons. The molecule has 1 aliphatic rings. The van der Waals surface area contributed by atoms with Gasteiger partial charge in [-0.3, -0.25) is 0 Å². The molecule has 0 spiro atoms. The monoisotopic (exact) mass is 244 g/mol. The van der Waals surface area contributed by atoms with Crippen molar-refractivity contribution in [1.29, 1.82) is 0 Å². The van der Waals surface area contributed by atoms with E-state index in [1.165, 1.54) is 6.07 Å². The molecule has 2 rings (SSSR count). The third-order valence-corrected chi connectivity index (χ3v) is 3.34. The topological polar surface area (TPSA) is 29.5 Å². The van der Waals surface area contributed by atoms with Crippen LogP contribution >= 0.6 is 11.6 Å². The van der Waals surface area contributed by atoms with E-state index in [2.05, 4.69) is 0 Å². The molecule has 1 aromatic carbocycles. The highest BCUT2D eigenvalue weighted by atomic mass is 35.5. The lowest BCUT2D eigenvalue weighted by molar-refractivity contribution is 0.0918. The second kappa shape index (κ2) is 4.70. The largest absolute Gasteiger partial charge is 0.388 e. The van der Waals surface area contributed by atoms with Gasteiger partial charge < -0.3 is 9.84 Å². The number of aliphatic hydroxyl groups is 1. The van der Waals surface area contributed by atoms with Crippen LogP contribution in [0, 0.1) is 18.7 Å². The van der Waals surface area contributed by atoms with Crippen LogP contribution in [0.5, 0.6) is 0 Å². The molecule has 1 N–H and O–H groups in total. The normalized spacial score (nSPS) is 22.4. The van der Waals surface area contributed by atoms with Crippen molar-refractivity contribution in [2.75, 3.05) is 13.2 Å². The first-order valence-electron chi connectivity index (χ1n) is 5.31. The van der Waals surface area contributed by atoms with E-state index < -0.39 is 6.10 Å². The van der Waals surface area contributed by atoms with E-state index in [9.17, 15) is 9.50 Å². The van der Waals surface area contributed by atoms with Gasteiger partial charge in [-0.05, 0) is 36.6 Å². The first kappa shape index (κ1) is 11.8. The van der Waals surface area contributed by atoms with Crippen molar-refractivity contribution in [1.82, 2.24) is 0 Å². The maximum absolute atomic E-state index is 13.2. The van der Waals surface area contributed by atoms with Crippen LogP contribution in [0.15, 0.2) is 12.1 Å². The Bertz CT molecular complexity index is 389. The summed E-state index contributed by atoms with van der Waals surface area (Å²) < 4.78 is 18.4. The van der Waals surface area contributed by atoms with Gasteiger partial charge in [0.1, 0.15) is 5.82 Å². The number of aryl methyl sites for hydroxylation is 1. The van der Waals surface area contributed by atoms with Crippen molar-refractivity contribution in [3.63, 3.8) is 0 Å². The summed E-state index contributed by atoms with van der Waals surface area (Å²) in [5.41, 5.74) is 1.09. The zero-order valence-electron chi connectivity index (χ0n) is 9.04. The molecule has 4 heteroatoms. The summed E-state index contributed by atoms with van der Waals surface area (Å²) in [5, 5.41) is 10.4. The van der Waals surface area contributed by atoms with Crippen LogP contribution < -0.4 is 0 Å². The lowest BCUT2D eigenvalue weighted by atomic mass is 9.94. The summed E-state index contributed by atoms with van der Waals surface area (Å²) >= 11 is 5.93. The van der Waals surface area contributed by atoms with E-state index in [0.29, 0.717) is 24.3 Å². The van der Waals surface area contributed by atoms with E-state index in [0.717, 1.165) is 6.42 Å². The molecule has 2 nitrogen and oxygen atoms in total. The fourth-order valence-corrected chi connectivity index (χ4v) is 2.22. The minimum absolute atomic E-state index is 0.0577. The maximum Gasteiger partial charge on any atom is 0.127 e. The first-order chi connectivity index (χ1) is 7.59. The highest BCUT2D eigenvalue weighted by Gasteiger charge is 2.27. The molecule has 1 aromatic rings. The van der Waals surface area contributed by atoms with Gasteiger partial charge in [0.05, 0.1) is 12.7 Å². The van der Waals surface area contributed by atoms with Gasteiger partial charge in [-0.2, -0.15) is 0 Å². The number of aliphatic hydroxyl groups excluding tert-OH is 1. The maximum atomic E-state index is 13.2. The van der Waals surface area contributed by atoms with Crippen LogP contribution in [0.4, 0.5) is 4.39 Å². The minimum atomic E-state index is -0.672. The summed E-state index contributed by atoms with van der Waals surface area (Å²) in [5.74, 6) is -0.286. The van der Waals surface area contributed by atoms with Gasteiger partial charge in [-0.25, -0.2) is 4.39 Å². The lowest BCUT2D eigenvalue weighted by Crippen LogP contribution is -2.13. The van der Waals surface area contributed by atoms with Crippen LogP contribution in [-0.2, 0) is 4.74 Å². The second-order valence-electron chi connectivity index (χ2n) is 4.19. The molecule has 2 unspecified atom stereocenters. The van der Waals surface area contributed by atoms with Gasteiger partial charge in [0, 0.05) is 17.5 Å². The third kappa shape index (κ3) is 2.21. The van der Waals surface area contributed by atoms with Crippen molar-refractivity contribution in [3.05, 3.63) is 34.1 Å². The van der Waals surface area contributed by atoms with Crippen LogP contribution in [0.25, 0.3) is 0 Å². The summed E-state index contributed by atoms with van der Waals surface area (Å²) in [6.45, 7) is 2.86. The average molecular weight is 245 g/mol. The molecule has 0 amide bonds. The molecule has 1 fully saturated rings. The second-order valence-corrected chi connectivity index (χ2v) is 4.60. The molecule has 16 heavy (non-hydrogen) atoms. The van der Waals surface area contributed by atoms with Gasteiger partial charge in [0.25, 0.3) is 0 Å². The molecule has 0 radical (unpaired) electrons. The zero-order valence-corrected chi connectivity index (χ0v) is 9.80. The Labute approximate surface area is 99.0 Å². The zero-order chi connectivity index (χ0) is 11.7. The smallest absolute Gasteiger partial charge is 0.127 e. The van der Waals surface area contributed by atoms with E-state index in [-0.39, 0.29) is 16.8 Å². The Morgan fingerprint density at radius 1 is 1.56 bits per heavy atom. The van der Waals surface area contributed by atoms with Gasteiger partial charge in [-0.1, -0.05) is 11.6 Å². The predicted molar refractivity (Wildman–Crippen MR) is 60.0 cm³/mol. The third-order valence-electron chi connectivity index (χ3n) is 3.01. The van der Waals surface area contributed by atoms with Crippen molar-refractivity contribution in [2.45, 2.75) is 19.4 Å².